The van der Waals surface area contributed by atoms with Gasteiger partial charge in [0.2, 0.25) is 0 Å². The van der Waals surface area contributed by atoms with Crippen LogP contribution in [-0.2, 0) is 9.53 Å². The van der Waals surface area contributed by atoms with Gasteiger partial charge in [-0.2, -0.15) is 0 Å². The molecule has 120 valence electrons. The second kappa shape index (κ2) is 7.77. The van der Waals surface area contributed by atoms with Crippen molar-refractivity contribution in [3.05, 3.63) is 62.3 Å². The minimum Gasteiger partial charge on any atom is -0.452 e. The number of hydrogen-bond donors (Lipinski definition) is 1. The van der Waals surface area contributed by atoms with Gasteiger partial charge in [-0.15, -0.1) is 0 Å². The number of carbonyl (C=O) groups excluding carboxylic acids is 2. The van der Waals surface area contributed by atoms with E-state index in [1.165, 1.54) is 24.3 Å². The molecule has 0 radical (unpaired) electrons. The molecule has 4 nitrogen and oxygen atoms in total. The second-order valence-electron chi connectivity index (χ2n) is 4.35. The van der Waals surface area contributed by atoms with Crippen LogP contribution in [-0.4, -0.2) is 18.5 Å². The van der Waals surface area contributed by atoms with E-state index in [0.29, 0.717) is 4.47 Å². The van der Waals surface area contributed by atoms with Crippen LogP contribution >= 0.6 is 39.1 Å². The van der Waals surface area contributed by atoms with Crippen molar-refractivity contribution in [3.63, 3.8) is 0 Å². The highest BCUT2D eigenvalue weighted by Gasteiger charge is 2.17. The molecule has 0 atom stereocenters. The zero-order valence-corrected chi connectivity index (χ0v) is 14.5. The van der Waals surface area contributed by atoms with Gasteiger partial charge < -0.3 is 10.1 Å². The monoisotopic (exact) mass is 419 g/mol. The van der Waals surface area contributed by atoms with Crippen LogP contribution in [0.2, 0.25) is 10.0 Å². The Kier molecular flexibility index (Phi) is 5.98. The van der Waals surface area contributed by atoms with Gasteiger partial charge in [0.05, 0.1) is 21.3 Å². The standard InChI is InChI=1S/C15H9BrCl2FNO3/c16-8-4-5-12(11(19)6-8)20-13(21)7-23-15(22)14-9(17)2-1-3-10(14)18/h1-6H,7H2,(H,20,21). The van der Waals surface area contributed by atoms with Crippen molar-refractivity contribution in [2.75, 3.05) is 11.9 Å². The molecule has 0 spiro atoms. The van der Waals surface area contributed by atoms with Crippen molar-refractivity contribution in [2.24, 2.45) is 0 Å². The van der Waals surface area contributed by atoms with Gasteiger partial charge in [-0.25, -0.2) is 9.18 Å². The van der Waals surface area contributed by atoms with Crippen LogP contribution in [0.3, 0.4) is 0 Å². The molecule has 0 aliphatic rings. The van der Waals surface area contributed by atoms with Crippen LogP contribution in [0.25, 0.3) is 0 Å². The van der Waals surface area contributed by atoms with Gasteiger partial charge in [-0.3, -0.25) is 4.79 Å². The minimum absolute atomic E-state index is 0.0231. The Morgan fingerprint density at radius 1 is 1.17 bits per heavy atom. The number of ether oxygens (including phenoxy) is 1. The van der Waals surface area contributed by atoms with Crippen LogP contribution in [0.15, 0.2) is 40.9 Å². The molecule has 0 heterocycles. The molecule has 2 rings (SSSR count). The number of halogens is 4. The van der Waals surface area contributed by atoms with Crippen LogP contribution in [0.1, 0.15) is 10.4 Å². The van der Waals surface area contributed by atoms with Crippen LogP contribution < -0.4 is 5.32 Å². The highest BCUT2D eigenvalue weighted by atomic mass is 79.9. The normalized spacial score (nSPS) is 10.3. The van der Waals surface area contributed by atoms with E-state index in [0.717, 1.165) is 0 Å². The molecule has 0 unspecified atom stereocenters. The molecule has 0 aliphatic carbocycles. The zero-order chi connectivity index (χ0) is 17.0. The largest absolute Gasteiger partial charge is 0.452 e. The Labute approximate surface area is 149 Å². The predicted molar refractivity (Wildman–Crippen MR) is 89.5 cm³/mol. The maximum Gasteiger partial charge on any atom is 0.341 e. The Morgan fingerprint density at radius 2 is 1.83 bits per heavy atom. The number of anilines is 1. The number of benzene rings is 2. The fourth-order valence-corrected chi connectivity index (χ4v) is 2.56. The molecule has 2 aromatic rings. The van der Waals surface area contributed by atoms with Crippen molar-refractivity contribution in [1.29, 1.82) is 0 Å². The summed E-state index contributed by atoms with van der Waals surface area (Å²) in [6, 6.07) is 8.66. The van der Waals surface area contributed by atoms with Gasteiger partial charge in [-0.05, 0) is 30.3 Å². The third-order valence-corrected chi connectivity index (χ3v) is 3.83. The van der Waals surface area contributed by atoms with Gasteiger partial charge in [0.25, 0.3) is 5.91 Å². The van der Waals surface area contributed by atoms with Crippen LogP contribution in [0, 0.1) is 5.82 Å². The third-order valence-electron chi connectivity index (χ3n) is 2.71. The van der Waals surface area contributed by atoms with E-state index in [1.54, 1.807) is 12.1 Å². The SMILES string of the molecule is O=C(COC(=O)c1c(Cl)cccc1Cl)Nc1ccc(Br)cc1F. The average Bonchev–Trinajstić information content (AvgIpc) is 2.48. The van der Waals surface area contributed by atoms with Crippen LogP contribution in [0.4, 0.5) is 10.1 Å². The summed E-state index contributed by atoms with van der Waals surface area (Å²) in [4.78, 5) is 23.6. The number of esters is 1. The quantitative estimate of drug-likeness (QED) is 0.730. The summed E-state index contributed by atoms with van der Waals surface area (Å²) in [6.45, 7) is -0.601. The lowest BCUT2D eigenvalue weighted by Crippen LogP contribution is -2.21. The fraction of sp³-hybridized carbons (Fsp3) is 0.0667. The summed E-state index contributed by atoms with van der Waals surface area (Å²) in [5.41, 5.74) is -0.0523. The van der Waals surface area contributed by atoms with Crippen molar-refractivity contribution < 1.29 is 18.7 Å². The number of rotatable bonds is 4. The number of hydrogen-bond acceptors (Lipinski definition) is 3. The summed E-state index contributed by atoms with van der Waals surface area (Å²) >= 11 is 14.8. The van der Waals surface area contributed by atoms with Gasteiger partial charge >= 0.3 is 5.97 Å². The van der Waals surface area contributed by atoms with Crippen molar-refractivity contribution in [3.8, 4) is 0 Å². The summed E-state index contributed by atoms with van der Waals surface area (Å²) in [7, 11) is 0. The van der Waals surface area contributed by atoms with Crippen molar-refractivity contribution >= 4 is 56.7 Å². The molecular weight excluding hydrogens is 412 g/mol. The molecule has 1 N–H and O–H groups in total. The Hall–Kier alpha value is -1.63. The molecule has 1 amide bonds. The van der Waals surface area contributed by atoms with Crippen LogP contribution in [0.5, 0.6) is 0 Å². The molecule has 0 saturated heterocycles. The first-order chi connectivity index (χ1) is 10.9. The van der Waals surface area contributed by atoms with Crippen molar-refractivity contribution in [2.45, 2.75) is 0 Å². The first-order valence-electron chi connectivity index (χ1n) is 6.24. The second-order valence-corrected chi connectivity index (χ2v) is 6.08. The molecule has 0 saturated carbocycles. The van der Waals surface area contributed by atoms with Gasteiger partial charge in [0, 0.05) is 4.47 Å². The Morgan fingerprint density at radius 3 is 2.43 bits per heavy atom. The highest BCUT2D eigenvalue weighted by molar-refractivity contribution is 9.10. The number of amides is 1. The molecule has 0 aromatic heterocycles. The number of nitrogens with one attached hydrogen (secondary N) is 1. The van der Waals surface area contributed by atoms with Gasteiger partial charge in [0.1, 0.15) is 5.82 Å². The van der Waals surface area contributed by atoms with Gasteiger partial charge in [-0.1, -0.05) is 45.2 Å². The molecule has 0 fully saturated rings. The van der Waals surface area contributed by atoms with Crippen molar-refractivity contribution in [1.82, 2.24) is 0 Å². The van der Waals surface area contributed by atoms with E-state index in [-0.39, 0.29) is 21.3 Å². The zero-order valence-electron chi connectivity index (χ0n) is 11.4. The van der Waals surface area contributed by atoms with Gasteiger partial charge in [0.15, 0.2) is 6.61 Å². The maximum atomic E-state index is 13.6. The summed E-state index contributed by atoms with van der Waals surface area (Å²) in [5, 5.41) is 2.52. The summed E-state index contributed by atoms with van der Waals surface area (Å²) < 4.78 is 19.0. The van der Waals surface area contributed by atoms with E-state index in [9.17, 15) is 14.0 Å². The lowest BCUT2D eigenvalue weighted by atomic mass is 10.2. The number of carbonyl (C=O) groups is 2. The lowest BCUT2D eigenvalue weighted by Gasteiger charge is -2.09. The lowest BCUT2D eigenvalue weighted by molar-refractivity contribution is -0.119. The smallest absolute Gasteiger partial charge is 0.341 e. The average molecular weight is 421 g/mol. The highest BCUT2D eigenvalue weighted by Crippen LogP contribution is 2.25. The summed E-state index contributed by atoms with van der Waals surface area (Å²) in [5.74, 6) is -2.15. The third kappa shape index (κ3) is 4.67. The first kappa shape index (κ1) is 17.7. The Bertz CT molecular complexity index is 750. The molecule has 23 heavy (non-hydrogen) atoms. The van der Waals surface area contributed by atoms with E-state index < -0.39 is 24.3 Å². The molecule has 0 aliphatic heterocycles. The topological polar surface area (TPSA) is 55.4 Å². The summed E-state index contributed by atoms with van der Waals surface area (Å²) in [6.07, 6.45) is 0. The minimum atomic E-state index is -0.841. The van der Waals surface area contributed by atoms with E-state index >= 15 is 0 Å². The van der Waals surface area contributed by atoms with E-state index in [4.69, 9.17) is 27.9 Å². The molecule has 0 bridgehead atoms. The molecular formula is C15H9BrCl2FNO3. The molecule has 8 heteroatoms. The fourth-order valence-electron chi connectivity index (χ4n) is 1.67. The van der Waals surface area contributed by atoms with E-state index in [2.05, 4.69) is 21.2 Å². The maximum absolute atomic E-state index is 13.6. The molecule has 2 aromatic carbocycles. The first-order valence-corrected chi connectivity index (χ1v) is 7.79. The Balaban J connectivity index is 1.98. The van der Waals surface area contributed by atoms with E-state index in [1.807, 2.05) is 0 Å². The predicted octanol–water partition coefficient (Wildman–Crippen LogP) is 4.69.